The lowest BCUT2D eigenvalue weighted by molar-refractivity contribution is -0.111. The monoisotopic (exact) mass is 448 g/mol. The van der Waals surface area contributed by atoms with Gasteiger partial charge in [-0.1, -0.05) is 30.8 Å². The number of para-hydroxylation sites is 1. The molecule has 0 aliphatic carbocycles. The fourth-order valence-electron chi connectivity index (χ4n) is 3.72. The van der Waals surface area contributed by atoms with Crippen LogP contribution in [0.5, 0.6) is 11.5 Å². The third-order valence-electron chi connectivity index (χ3n) is 5.23. The highest BCUT2D eigenvalue weighted by Crippen LogP contribution is 2.25. The SMILES string of the molecule is C=CC(=O)Nc1cccc(-n2c(=O)n(-c3ccc(Oc4ccccc4)cc3)c3ncccc32)c1. The molecule has 1 amide bonds. The maximum Gasteiger partial charge on any atom is 0.339 e. The molecule has 0 saturated carbocycles. The first-order valence-corrected chi connectivity index (χ1v) is 10.6. The van der Waals surface area contributed by atoms with Crippen molar-refractivity contribution >= 4 is 22.8 Å². The van der Waals surface area contributed by atoms with Gasteiger partial charge in [0.15, 0.2) is 5.65 Å². The molecule has 0 bridgehead atoms. The maximum atomic E-state index is 13.6. The van der Waals surface area contributed by atoms with E-state index in [0.717, 1.165) is 5.75 Å². The molecule has 3 aromatic carbocycles. The minimum atomic E-state index is -0.327. The number of nitrogens with zero attached hydrogens (tertiary/aromatic N) is 3. The molecule has 0 spiro atoms. The average molecular weight is 448 g/mol. The Balaban J connectivity index is 1.57. The molecular formula is C27H20N4O3. The summed E-state index contributed by atoms with van der Waals surface area (Å²) in [5.41, 5.74) is 2.70. The molecule has 7 nitrogen and oxygen atoms in total. The van der Waals surface area contributed by atoms with Crippen molar-refractivity contribution < 1.29 is 9.53 Å². The molecule has 5 rings (SSSR count). The van der Waals surface area contributed by atoms with Gasteiger partial charge >= 0.3 is 5.69 Å². The smallest absolute Gasteiger partial charge is 0.339 e. The Hall–Kier alpha value is -4.91. The van der Waals surface area contributed by atoms with Gasteiger partial charge in [-0.05, 0) is 72.8 Å². The summed E-state index contributed by atoms with van der Waals surface area (Å²) in [6.07, 6.45) is 2.84. The van der Waals surface area contributed by atoms with Gasteiger partial charge in [0, 0.05) is 11.9 Å². The van der Waals surface area contributed by atoms with E-state index in [9.17, 15) is 9.59 Å². The molecular weight excluding hydrogens is 428 g/mol. The predicted octanol–water partition coefficient (Wildman–Crippen LogP) is 5.09. The molecule has 0 aliphatic rings. The lowest BCUT2D eigenvalue weighted by Crippen LogP contribution is -2.22. The van der Waals surface area contributed by atoms with Gasteiger partial charge in [0.2, 0.25) is 5.91 Å². The van der Waals surface area contributed by atoms with Crippen LogP contribution < -0.4 is 15.7 Å². The molecule has 0 atom stereocenters. The quantitative estimate of drug-likeness (QED) is 0.367. The Kier molecular flexibility index (Phi) is 5.50. The van der Waals surface area contributed by atoms with Crippen molar-refractivity contribution in [1.82, 2.24) is 14.1 Å². The fourth-order valence-corrected chi connectivity index (χ4v) is 3.72. The van der Waals surface area contributed by atoms with E-state index in [1.54, 1.807) is 45.7 Å². The number of ether oxygens (including phenoxy) is 1. The predicted molar refractivity (Wildman–Crippen MR) is 132 cm³/mol. The number of amides is 1. The van der Waals surface area contributed by atoms with Gasteiger partial charge < -0.3 is 10.1 Å². The van der Waals surface area contributed by atoms with E-state index in [2.05, 4.69) is 16.9 Å². The van der Waals surface area contributed by atoms with Crippen LogP contribution in [0.15, 0.2) is 115 Å². The molecule has 2 aromatic heterocycles. The molecule has 5 aromatic rings. The minimum absolute atomic E-state index is 0.280. The summed E-state index contributed by atoms with van der Waals surface area (Å²) in [6, 6.07) is 27.4. The molecule has 166 valence electrons. The van der Waals surface area contributed by atoms with Crippen LogP contribution in [0.1, 0.15) is 0 Å². The van der Waals surface area contributed by atoms with E-state index in [0.29, 0.717) is 34.0 Å². The molecule has 0 fully saturated rings. The largest absolute Gasteiger partial charge is 0.457 e. The number of pyridine rings is 1. The second-order valence-corrected chi connectivity index (χ2v) is 7.45. The van der Waals surface area contributed by atoms with Crippen LogP contribution in [-0.4, -0.2) is 20.0 Å². The van der Waals surface area contributed by atoms with Crippen LogP contribution >= 0.6 is 0 Å². The zero-order valence-electron chi connectivity index (χ0n) is 18.1. The van der Waals surface area contributed by atoms with Crippen molar-refractivity contribution in [2.24, 2.45) is 0 Å². The van der Waals surface area contributed by atoms with Gasteiger partial charge in [-0.2, -0.15) is 0 Å². The van der Waals surface area contributed by atoms with E-state index in [1.807, 2.05) is 60.7 Å². The molecule has 2 heterocycles. The summed E-state index contributed by atoms with van der Waals surface area (Å²) in [5.74, 6) is 1.06. The van der Waals surface area contributed by atoms with Crippen molar-refractivity contribution in [2.75, 3.05) is 5.32 Å². The number of carbonyl (C=O) groups is 1. The van der Waals surface area contributed by atoms with Crippen LogP contribution in [0.3, 0.4) is 0 Å². The maximum absolute atomic E-state index is 13.6. The normalized spacial score (nSPS) is 10.7. The first-order chi connectivity index (χ1) is 16.6. The number of carbonyl (C=O) groups excluding carboxylic acids is 1. The fraction of sp³-hybridized carbons (Fsp3) is 0. The standard InChI is InChI=1S/C27H20N4O3/c1-2-25(32)29-19-8-6-9-21(18-19)30-24-12-7-17-28-26(24)31(27(30)33)20-13-15-23(16-14-20)34-22-10-4-3-5-11-22/h2-18H,1H2,(H,29,32). The number of benzene rings is 3. The summed E-state index contributed by atoms with van der Waals surface area (Å²) in [5, 5.41) is 2.73. The van der Waals surface area contributed by atoms with Crippen LogP contribution in [0, 0.1) is 0 Å². The Morgan fingerprint density at radius 2 is 1.62 bits per heavy atom. The van der Waals surface area contributed by atoms with Gasteiger partial charge in [-0.3, -0.25) is 9.36 Å². The van der Waals surface area contributed by atoms with E-state index < -0.39 is 0 Å². The van der Waals surface area contributed by atoms with Crippen molar-refractivity contribution in [2.45, 2.75) is 0 Å². The van der Waals surface area contributed by atoms with E-state index in [1.165, 1.54) is 6.08 Å². The molecule has 0 aliphatic heterocycles. The van der Waals surface area contributed by atoms with Gasteiger partial charge in [0.05, 0.1) is 16.9 Å². The van der Waals surface area contributed by atoms with Crippen molar-refractivity contribution in [3.8, 4) is 22.9 Å². The summed E-state index contributed by atoms with van der Waals surface area (Å²) in [6.45, 7) is 3.47. The van der Waals surface area contributed by atoms with Crippen LogP contribution in [-0.2, 0) is 4.79 Å². The molecule has 0 radical (unpaired) electrons. The van der Waals surface area contributed by atoms with E-state index >= 15 is 0 Å². The van der Waals surface area contributed by atoms with Gasteiger partial charge in [0.1, 0.15) is 11.5 Å². The van der Waals surface area contributed by atoms with E-state index in [-0.39, 0.29) is 11.6 Å². The molecule has 0 unspecified atom stereocenters. The zero-order valence-corrected chi connectivity index (χ0v) is 18.1. The molecule has 34 heavy (non-hydrogen) atoms. The first-order valence-electron chi connectivity index (χ1n) is 10.6. The van der Waals surface area contributed by atoms with Gasteiger partial charge in [-0.15, -0.1) is 0 Å². The highest BCUT2D eigenvalue weighted by atomic mass is 16.5. The van der Waals surface area contributed by atoms with Crippen molar-refractivity contribution in [3.63, 3.8) is 0 Å². The van der Waals surface area contributed by atoms with Crippen molar-refractivity contribution in [1.29, 1.82) is 0 Å². The Bertz CT molecular complexity index is 1550. The number of hydrogen-bond donors (Lipinski definition) is 1. The van der Waals surface area contributed by atoms with Crippen molar-refractivity contribution in [3.05, 3.63) is 120 Å². The number of aromatic nitrogens is 3. The number of hydrogen-bond acceptors (Lipinski definition) is 4. The lowest BCUT2D eigenvalue weighted by Gasteiger charge is -2.08. The average Bonchev–Trinajstić information content (AvgIpc) is 3.17. The van der Waals surface area contributed by atoms with Gasteiger partial charge in [0.25, 0.3) is 0 Å². The van der Waals surface area contributed by atoms with Crippen LogP contribution in [0.25, 0.3) is 22.5 Å². The highest BCUT2D eigenvalue weighted by Gasteiger charge is 2.17. The lowest BCUT2D eigenvalue weighted by atomic mass is 10.2. The summed E-state index contributed by atoms with van der Waals surface area (Å²) < 4.78 is 8.99. The van der Waals surface area contributed by atoms with Gasteiger partial charge in [-0.25, -0.2) is 14.3 Å². The van der Waals surface area contributed by atoms with Crippen LogP contribution in [0.4, 0.5) is 5.69 Å². The number of nitrogens with one attached hydrogen (secondary N) is 1. The zero-order chi connectivity index (χ0) is 23.5. The third kappa shape index (κ3) is 3.98. The molecule has 7 heteroatoms. The number of anilines is 1. The minimum Gasteiger partial charge on any atom is -0.457 e. The third-order valence-corrected chi connectivity index (χ3v) is 5.23. The van der Waals surface area contributed by atoms with E-state index in [4.69, 9.17) is 4.74 Å². The highest BCUT2D eigenvalue weighted by molar-refractivity contribution is 5.99. The molecule has 1 N–H and O–H groups in total. The topological polar surface area (TPSA) is 78.2 Å². The first kappa shape index (κ1) is 21.0. The van der Waals surface area contributed by atoms with Crippen LogP contribution in [0.2, 0.25) is 0 Å². The second-order valence-electron chi connectivity index (χ2n) is 7.45. The summed E-state index contributed by atoms with van der Waals surface area (Å²) in [4.78, 5) is 29.8. The second kappa shape index (κ2) is 8.91. The summed E-state index contributed by atoms with van der Waals surface area (Å²) >= 11 is 0. The Morgan fingerprint density at radius 3 is 2.38 bits per heavy atom. The Labute approximate surface area is 195 Å². The number of imidazole rings is 1. The molecule has 0 saturated heterocycles. The Morgan fingerprint density at radius 1 is 0.853 bits per heavy atom. The summed E-state index contributed by atoms with van der Waals surface area (Å²) in [7, 11) is 0. The number of rotatable bonds is 6. The number of fused-ring (bicyclic) bond motifs is 1.